The smallest absolute Gasteiger partial charge is 0.406 e. The van der Waals surface area contributed by atoms with Crippen molar-refractivity contribution in [2.45, 2.75) is 19.1 Å². The molecule has 0 bridgehead atoms. The average Bonchev–Trinajstić information content (AvgIpc) is 2.87. The summed E-state index contributed by atoms with van der Waals surface area (Å²) in [4.78, 5) is 0. The van der Waals surface area contributed by atoms with Crippen LogP contribution in [0.5, 0.6) is 0 Å². The Morgan fingerprint density at radius 2 is 2.00 bits per heavy atom. The molecular formula is C12H12BrF3N4O. The molecule has 114 valence electrons. The van der Waals surface area contributed by atoms with E-state index >= 15 is 0 Å². The molecule has 5 nitrogen and oxygen atoms in total. The second-order valence-electron chi connectivity index (χ2n) is 4.27. The standard InChI is InChI=1S/C12H12BrF3N4O/c1-6(17-2)10-19-20-11(21-10)18-7-3-4-9(13)8(5-7)12(14,15)16/h3-6,17H,1-2H3,(H,18,20). The molecule has 0 saturated carbocycles. The van der Waals surface area contributed by atoms with E-state index in [0.29, 0.717) is 5.89 Å². The van der Waals surface area contributed by atoms with Crippen LogP contribution in [0.4, 0.5) is 24.9 Å². The third kappa shape index (κ3) is 3.73. The van der Waals surface area contributed by atoms with Crippen LogP contribution in [0.25, 0.3) is 0 Å². The molecule has 2 aromatic rings. The van der Waals surface area contributed by atoms with Gasteiger partial charge in [-0.15, -0.1) is 5.10 Å². The molecule has 1 aromatic heterocycles. The normalized spacial score (nSPS) is 13.2. The molecule has 9 heteroatoms. The summed E-state index contributed by atoms with van der Waals surface area (Å²) in [5.41, 5.74) is -0.575. The lowest BCUT2D eigenvalue weighted by Crippen LogP contribution is -2.12. The lowest BCUT2D eigenvalue weighted by molar-refractivity contribution is -0.138. The number of hydrogen-bond donors (Lipinski definition) is 2. The van der Waals surface area contributed by atoms with E-state index < -0.39 is 11.7 Å². The Kier molecular flexibility index (Phi) is 4.52. The monoisotopic (exact) mass is 364 g/mol. The Labute approximate surface area is 127 Å². The van der Waals surface area contributed by atoms with Gasteiger partial charge in [-0.25, -0.2) is 0 Å². The Balaban J connectivity index is 2.22. The molecular weight excluding hydrogens is 353 g/mol. The van der Waals surface area contributed by atoms with Crippen LogP contribution >= 0.6 is 15.9 Å². The van der Waals surface area contributed by atoms with Gasteiger partial charge in [-0.05, 0) is 32.2 Å². The average molecular weight is 365 g/mol. The summed E-state index contributed by atoms with van der Waals surface area (Å²) >= 11 is 2.88. The van der Waals surface area contributed by atoms with Crippen molar-refractivity contribution in [2.75, 3.05) is 12.4 Å². The summed E-state index contributed by atoms with van der Waals surface area (Å²) in [6, 6.07) is 3.63. The Hall–Kier alpha value is -1.61. The van der Waals surface area contributed by atoms with Gasteiger partial charge in [0.2, 0.25) is 5.89 Å². The first-order chi connectivity index (χ1) is 9.81. The van der Waals surface area contributed by atoms with Gasteiger partial charge >= 0.3 is 12.2 Å². The van der Waals surface area contributed by atoms with Crippen LogP contribution in [0, 0.1) is 0 Å². The number of rotatable bonds is 4. The minimum Gasteiger partial charge on any atom is -0.406 e. The highest BCUT2D eigenvalue weighted by Gasteiger charge is 2.33. The highest BCUT2D eigenvalue weighted by atomic mass is 79.9. The van der Waals surface area contributed by atoms with Crippen molar-refractivity contribution in [3.63, 3.8) is 0 Å². The fourth-order valence-electron chi connectivity index (χ4n) is 1.53. The number of anilines is 2. The molecule has 0 fully saturated rings. The highest BCUT2D eigenvalue weighted by molar-refractivity contribution is 9.10. The fourth-order valence-corrected chi connectivity index (χ4v) is 2.00. The van der Waals surface area contributed by atoms with Crippen molar-refractivity contribution in [1.29, 1.82) is 0 Å². The predicted octanol–water partition coefficient (Wildman–Crippen LogP) is 3.87. The van der Waals surface area contributed by atoms with Crippen LogP contribution in [0.1, 0.15) is 24.4 Å². The second kappa shape index (κ2) is 6.02. The molecule has 1 aromatic carbocycles. The maximum atomic E-state index is 12.8. The molecule has 0 aliphatic heterocycles. The topological polar surface area (TPSA) is 63.0 Å². The number of halogens is 4. The summed E-state index contributed by atoms with van der Waals surface area (Å²) in [7, 11) is 1.73. The molecule has 21 heavy (non-hydrogen) atoms. The molecule has 0 aliphatic rings. The van der Waals surface area contributed by atoms with Gasteiger partial charge in [-0.1, -0.05) is 21.0 Å². The van der Waals surface area contributed by atoms with Crippen molar-refractivity contribution in [3.05, 3.63) is 34.1 Å². The Bertz CT molecular complexity index is 629. The molecule has 1 unspecified atom stereocenters. The SMILES string of the molecule is CNC(C)c1nnc(Nc2ccc(Br)c(C(F)(F)F)c2)o1. The third-order valence-corrected chi connectivity index (χ3v) is 3.46. The number of hydrogen-bond acceptors (Lipinski definition) is 5. The number of aromatic nitrogens is 2. The molecule has 0 spiro atoms. The zero-order valence-electron chi connectivity index (χ0n) is 11.1. The summed E-state index contributed by atoms with van der Waals surface area (Å²) in [6.07, 6.45) is -4.45. The molecule has 0 aliphatic carbocycles. The van der Waals surface area contributed by atoms with E-state index in [2.05, 4.69) is 36.8 Å². The van der Waals surface area contributed by atoms with E-state index in [9.17, 15) is 13.2 Å². The Morgan fingerprint density at radius 3 is 2.62 bits per heavy atom. The lowest BCUT2D eigenvalue weighted by Gasteiger charge is -2.11. The first-order valence-electron chi connectivity index (χ1n) is 5.95. The van der Waals surface area contributed by atoms with Gasteiger partial charge < -0.3 is 15.1 Å². The van der Waals surface area contributed by atoms with Crippen LogP contribution in [0.3, 0.4) is 0 Å². The molecule has 1 heterocycles. The largest absolute Gasteiger partial charge is 0.417 e. The van der Waals surface area contributed by atoms with E-state index in [-0.39, 0.29) is 22.2 Å². The molecule has 1 atom stereocenters. The van der Waals surface area contributed by atoms with Crippen LogP contribution in [-0.2, 0) is 6.18 Å². The first-order valence-corrected chi connectivity index (χ1v) is 6.75. The summed E-state index contributed by atoms with van der Waals surface area (Å²) in [5.74, 6) is 0.341. The van der Waals surface area contributed by atoms with Gasteiger partial charge in [-0.2, -0.15) is 13.2 Å². The lowest BCUT2D eigenvalue weighted by atomic mass is 10.2. The molecule has 0 radical (unpaired) electrons. The quantitative estimate of drug-likeness (QED) is 0.861. The summed E-state index contributed by atoms with van der Waals surface area (Å²) in [5, 5.41) is 13.1. The van der Waals surface area contributed by atoms with Crippen molar-refractivity contribution < 1.29 is 17.6 Å². The maximum absolute atomic E-state index is 12.8. The first kappa shape index (κ1) is 15.8. The zero-order valence-corrected chi connectivity index (χ0v) is 12.7. The molecule has 2 rings (SSSR count). The predicted molar refractivity (Wildman–Crippen MR) is 74.2 cm³/mol. The van der Waals surface area contributed by atoms with Gasteiger partial charge in [0, 0.05) is 10.2 Å². The van der Waals surface area contributed by atoms with Crippen molar-refractivity contribution >= 4 is 27.6 Å². The van der Waals surface area contributed by atoms with Crippen molar-refractivity contribution in [2.24, 2.45) is 0 Å². The van der Waals surface area contributed by atoms with Gasteiger partial charge in [0.05, 0.1) is 11.6 Å². The van der Waals surface area contributed by atoms with Gasteiger partial charge in [0.15, 0.2) is 0 Å². The minimum atomic E-state index is -4.45. The maximum Gasteiger partial charge on any atom is 0.417 e. The van der Waals surface area contributed by atoms with Gasteiger partial charge in [0.1, 0.15) is 0 Å². The summed E-state index contributed by atoms with van der Waals surface area (Å²) in [6.45, 7) is 1.82. The minimum absolute atomic E-state index is 0.0301. The number of nitrogens with zero attached hydrogens (tertiary/aromatic N) is 2. The zero-order chi connectivity index (χ0) is 15.6. The van der Waals surface area contributed by atoms with E-state index in [1.54, 1.807) is 7.05 Å². The van der Waals surface area contributed by atoms with Crippen LogP contribution in [-0.4, -0.2) is 17.2 Å². The summed E-state index contributed by atoms with van der Waals surface area (Å²) < 4.78 is 43.7. The van der Waals surface area contributed by atoms with E-state index in [4.69, 9.17) is 4.42 Å². The second-order valence-corrected chi connectivity index (χ2v) is 5.13. The fraction of sp³-hybridized carbons (Fsp3) is 0.333. The number of nitrogens with one attached hydrogen (secondary N) is 2. The number of benzene rings is 1. The van der Waals surface area contributed by atoms with Gasteiger partial charge in [0.25, 0.3) is 0 Å². The van der Waals surface area contributed by atoms with Crippen LogP contribution < -0.4 is 10.6 Å². The van der Waals surface area contributed by atoms with E-state index in [1.165, 1.54) is 12.1 Å². The van der Waals surface area contributed by atoms with Gasteiger partial charge in [-0.3, -0.25) is 0 Å². The van der Waals surface area contributed by atoms with E-state index in [1.807, 2.05) is 6.92 Å². The highest BCUT2D eigenvalue weighted by Crippen LogP contribution is 2.36. The van der Waals surface area contributed by atoms with Crippen molar-refractivity contribution in [3.8, 4) is 0 Å². The van der Waals surface area contributed by atoms with Crippen LogP contribution in [0.15, 0.2) is 27.1 Å². The molecule has 0 saturated heterocycles. The number of alkyl halides is 3. The molecule has 2 N–H and O–H groups in total. The van der Waals surface area contributed by atoms with Crippen molar-refractivity contribution in [1.82, 2.24) is 15.5 Å². The van der Waals surface area contributed by atoms with E-state index in [0.717, 1.165) is 6.07 Å². The van der Waals surface area contributed by atoms with Crippen LogP contribution in [0.2, 0.25) is 0 Å². The molecule has 0 amide bonds. The third-order valence-electron chi connectivity index (χ3n) is 2.77. The Morgan fingerprint density at radius 1 is 1.29 bits per heavy atom.